The van der Waals surface area contributed by atoms with Crippen LogP contribution in [-0.4, -0.2) is 38.4 Å². The molecule has 106 valence electrons. The van der Waals surface area contributed by atoms with Crippen LogP contribution in [0.3, 0.4) is 0 Å². The van der Waals surface area contributed by atoms with Crippen molar-refractivity contribution in [3.8, 4) is 0 Å². The average molecular weight is 295 g/mol. The molecule has 0 fully saturated rings. The Labute approximate surface area is 118 Å². The van der Waals surface area contributed by atoms with Crippen molar-refractivity contribution in [2.45, 2.75) is 13.0 Å². The lowest BCUT2D eigenvalue weighted by Gasteiger charge is -2.04. The lowest BCUT2D eigenvalue weighted by molar-refractivity contribution is -0.137. The Balaban J connectivity index is 1.73. The molecule has 8 nitrogen and oxygen atoms in total. The van der Waals surface area contributed by atoms with Gasteiger partial charge >= 0.3 is 12.0 Å². The molecule has 3 N–H and O–H groups in total. The van der Waals surface area contributed by atoms with Crippen molar-refractivity contribution < 1.29 is 14.7 Å². The SMILES string of the molecule is O=C(O)Cn1cc(NC(=O)NCCc2nccs2)cn1. The van der Waals surface area contributed by atoms with Crippen LogP contribution < -0.4 is 10.6 Å². The summed E-state index contributed by atoms with van der Waals surface area (Å²) in [6.07, 6.45) is 5.23. The third-order valence-corrected chi connectivity index (χ3v) is 3.14. The lowest BCUT2D eigenvalue weighted by atomic mass is 10.4. The summed E-state index contributed by atoms with van der Waals surface area (Å²) in [6, 6.07) is -0.364. The summed E-state index contributed by atoms with van der Waals surface area (Å²) in [7, 11) is 0. The molecule has 0 atom stereocenters. The Morgan fingerprint density at radius 1 is 1.45 bits per heavy atom. The van der Waals surface area contributed by atoms with Crippen LogP contribution in [0.25, 0.3) is 0 Å². The zero-order valence-corrected chi connectivity index (χ0v) is 11.3. The molecule has 2 heterocycles. The van der Waals surface area contributed by atoms with Gasteiger partial charge in [0.2, 0.25) is 0 Å². The standard InChI is InChI=1S/C11H13N5O3S/c17-10(18)7-16-6-8(5-14-16)15-11(19)13-2-1-9-12-3-4-20-9/h3-6H,1-2,7H2,(H,17,18)(H2,13,15,19). The van der Waals surface area contributed by atoms with Crippen LogP contribution in [0.15, 0.2) is 24.0 Å². The van der Waals surface area contributed by atoms with E-state index in [1.807, 2.05) is 5.38 Å². The van der Waals surface area contributed by atoms with E-state index in [4.69, 9.17) is 5.11 Å². The second kappa shape index (κ2) is 6.66. The number of aliphatic carboxylic acids is 1. The van der Waals surface area contributed by atoms with Crippen molar-refractivity contribution in [3.63, 3.8) is 0 Å². The number of hydrogen-bond donors (Lipinski definition) is 3. The summed E-state index contributed by atoms with van der Waals surface area (Å²) < 4.78 is 1.23. The molecule has 0 aromatic carbocycles. The van der Waals surface area contributed by atoms with Crippen LogP contribution >= 0.6 is 11.3 Å². The van der Waals surface area contributed by atoms with E-state index in [1.54, 1.807) is 6.20 Å². The maximum Gasteiger partial charge on any atom is 0.325 e. The molecule has 0 saturated carbocycles. The molecule has 20 heavy (non-hydrogen) atoms. The van der Waals surface area contributed by atoms with Gasteiger partial charge in [-0.3, -0.25) is 9.48 Å². The van der Waals surface area contributed by atoms with E-state index in [2.05, 4.69) is 20.7 Å². The summed E-state index contributed by atoms with van der Waals surface area (Å²) >= 11 is 1.54. The number of hydrogen-bond acceptors (Lipinski definition) is 5. The minimum Gasteiger partial charge on any atom is -0.480 e. The number of nitrogens with one attached hydrogen (secondary N) is 2. The van der Waals surface area contributed by atoms with E-state index in [0.29, 0.717) is 18.7 Å². The Morgan fingerprint density at radius 3 is 3.00 bits per heavy atom. The number of carbonyl (C=O) groups is 2. The predicted molar refractivity (Wildman–Crippen MR) is 72.7 cm³/mol. The summed E-state index contributed by atoms with van der Waals surface area (Å²) in [5.41, 5.74) is 0.443. The minimum atomic E-state index is -0.993. The third kappa shape index (κ3) is 4.35. The predicted octanol–water partition coefficient (Wildman–Crippen LogP) is 0.788. The van der Waals surface area contributed by atoms with Gasteiger partial charge in [-0.25, -0.2) is 9.78 Å². The minimum absolute atomic E-state index is 0.243. The van der Waals surface area contributed by atoms with Crippen molar-refractivity contribution in [3.05, 3.63) is 29.0 Å². The van der Waals surface area contributed by atoms with Crippen molar-refractivity contribution in [1.29, 1.82) is 0 Å². The van der Waals surface area contributed by atoms with Gasteiger partial charge < -0.3 is 15.7 Å². The summed E-state index contributed by atoms with van der Waals surface area (Å²) in [6.45, 7) is 0.232. The first-order valence-corrected chi connectivity index (χ1v) is 6.69. The molecule has 2 amide bonds. The van der Waals surface area contributed by atoms with Gasteiger partial charge in [0.1, 0.15) is 6.54 Å². The van der Waals surface area contributed by atoms with E-state index in [-0.39, 0.29) is 12.6 Å². The fourth-order valence-electron chi connectivity index (χ4n) is 1.49. The summed E-state index contributed by atoms with van der Waals surface area (Å²) in [5.74, 6) is -0.993. The van der Waals surface area contributed by atoms with Gasteiger partial charge in [0.15, 0.2) is 0 Å². The molecular formula is C11H13N5O3S. The molecule has 0 bridgehead atoms. The van der Waals surface area contributed by atoms with Crippen LogP contribution in [0, 0.1) is 0 Å². The highest BCUT2D eigenvalue weighted by atomic mass is 32.1. The normalized spacial score (nSPS) is 10.2. The lowest BCUT2D eigenvalue weighted by Crippen LogP contribution is -2.30. The van der Waals surface area contributed by atoms with Crippen molar-refractivity contribution in [2.24, 2.45) is 0 Å². The topological polar surface area (TPSA) is 109 Å². The Hall–Kier alpha value is -2.42. The maximum atomic E-state index is 11.6. The zero-order valence-electron chi connectivity index (χ0n) is 10.4. The second-order valence-electron chi connectivity index (χ2n) is 3.88. The Kier molecular flexibility index (Phi) is 4.66. The van der Waals surface area contributed by atoms with E-state index in [0.717, 1.165) is 5.01 Å². The smallest absolute Gasteiger partial charge is 0.325 e. The molecule has 2 aromatic heterocycles. The zero-order chi connectivity index (χ0) is 14.4. The number of aromatic nitrogens is 3. The van der Waals surface area contributed by atoms with Gasteiger partial charge in [0.05, 0.1) is 16.9 Å². The largest absolute Gasteiger partial charge is 0.480 e. The maximum absolute atomic E-state index is 11.6. The number of anilines is 1. The molecule has 2 rings (SSSR count). The molecule has 0 saturated heterocycles. The molecule has 0 radical (unpaired) electrons. The fourth-order valence-corrected chi connectivity index (χ4v) is 2.11. The molecule has 9 heteroatoms. The van der Waals surface area contributed by atoms with Crippen LogP contribution in [0.4, 0.5) is 10.5 Å². The monoisotopic (exact) mass is 295 g/mol. The first-order valence-electron chi connectivity index (χ1n) is 5.81. The van der Waals surface area contributed by atoms with E-state index in [9.17, 15) is 9.59 Å². The van der Waals surface area contributed by atoms with E-state index >= 15 is 0 Å². The van der Waals surface area contributed by atoms with Gasteiger partial charge in [0.25, 0.3) is 0 Å². The molecule has 0 spiro atoms. The number of urea groups is 1. The van der Waals surface area contributed by atoms with Crippen LogP contribution in [0.1, 0.15) is 5.01 Å². The Bertz CT molecular complexity index is 581. The molecule has 0 aliphatic carbocycles. The van der Waals surface area contributed by atoms with Crippen molar-refractivity contribution in [1.82, 2.24) is 20.1 Å². The highest BCUT2D eigenvalue weighted by molar-refractivity contribution is 7.09. The average Bonchev–Trinajstić information content (AvgIpc) is 3.00. The number of thiazole rings is 1. The number of carboxylic acid groups (broad SMARTS) is 1. The fraction of sp³-hybridized carbons (Fsp3) is 0.273. The summed E-state index contributed by atoms with van der Waals surface area (Å²) in [4.78, 5) is 26.2. The van der Waals surface area contributed by atoms with Crippen LogP contribution in [-0.2, 0) is 17.8 Å². The number of rotatable bonds is 6. The molecule has 0 unspecified atom stereocenters. The number of carbonyl (C=O) groups excluding carboxylic acids is 1. The number of amides is 2. The van der Waals surface area contributed by atoms with Crippen LogP contribution in [0.2, 0.25) is 0 Å². The molecular weight excluding hydrogens is 282 g/mol. The van der Waals surface area contributed by atoms with E-state index in [1.165, 1.54) is 28.4 Å². The van der Waals surface area contributed by atoms with Crippen molar-refractivity contribution >= 4 is 29.0 Å². The van der Waals surface area contributed by atoms with Crippen LogP contribution in [0.5, 0.6) is 0 Å². The molecule has 0 aliphatic heterocycles. The first-order chi connectivity index (χ1) is 9.63. The van der Waals surface area contributed by atoms with Gasteiger partial charge in [-0.15, -0.1) is 11.3 Å². The van der Waals surface area contributed by atoms with Gasteiger partial charge in [-0.1, -0.05) is 0 Å². The molecule has 2 aromatic rings. The quantitative estimate of drug-likeness (QED) is 0.730. The third-order valence-electron chi connectivity index (χ3n) is 2.30. The van der Waals surface area contributed by atoms with Crippen molar-refractivity contribution in [2.75, 3.05) is 11.9 Å². The second-order valence-corrected chi connectivity index (χ2v) is 4.86. The Morgan fingerprint density at radius 2 is 2.30 bits per heavy atom. The summed E-state index contributed by atoms with van der Waals surface area (Å²) in [5, 5.41) is 20.5. The molecule has 0 aliphatic rings. The number of carboxylic acids is 1. The highest BCUT2D eigenvalue weighted by Gasteiger charge is 2.06. The first kappa shape index (κ1) is 14.0. The van der Waals surface area contributed by atoms with Gasteiger partial charge in [0, 0.05) is 30.7 Å². The highest BCUT2D eigenvalue weighted by Crippen LogP contribution is 2.05. The van der Waals surface area contributed by atoms with Gasteiger partial charge in [-0.2, -0.15) is 5.10 Å². The number of nitrogens with zero attached hydrogens (tertiary/aromatic N) is 3. The van der Waals surface area contributed by atoms with E-state index < -0.39 is 5.97 Å². The van der Waals surface area contributed by atoms with Gasteiger partial charge in [-0.05, 0) is 0 Å².